The quantitative estimate of drug-likeness (QED) is 0.0320. The van der Waals surface area contributed by atoms with E-state index in [2.05, 4.69) is 55.6 Å². The van der Waals surface area contributed by atoms with E-state index in [1.807, 2.05) is 0 Å². The van der Waals surface area contributed by atoms with Crippen LogP contribution in [0.25, 0.3) is 0 Å². The highest BCUT2D eigenvalue weighted by atomic mass is 16.5. The summed E-state index contributed by atoms with van der Waals surface area (Å²) in [6.45, 7) is 4.96. The molecule has 0 heterocycles. The van der Waals surface area contributed by atoms with Crippen LogP contribution in [0.4, 0.5) is 0 Å². The van der Waals surface area contributed by atoms with Crippen LogP contribution in [0.2, 0.25) is 0 Å². The zero-order chi connectivity index (χ0) is 60.6. The minimum atomic E-state index is -0.664. The van der Waals surface area contributed by atoms with Gasteiger partial charge in [0.2, 0.25) is 5.91 Å². The van der Waals surface area contributed by atoms with E-state index in [0.29, 0.717) is 25.9 Å². The van der Waals surface area contributed by atoms with Crippen LogP contribution in [-0.4, -0.2) is 47.4 Å². The molecule has 0 fully saturated rings. The normalized spacial score (nSPS) is 12.7. The summed E-state index contributed by atoms with van der Waals surface area (Å²) in [6, 6.07) is -0.541. The zero-order valence-electron chi connectivity index (χ0n) is 56.9. The molecule has 6 nitrogen and oxygen atoms in total. The van der Waals surface area contributed by atoms with Crippen molar-refractivity contribution in [2.45, 2.75) is 437 Å². The molecular formula is C78H149NO5. The second kappa shape index (κ2) is 73.5. The summed E-state index contributed by atoms with van der Waals surface area (Å²) in [4.78, 5) is 24.6. The van der Waals surface area contributed by atoms with Crippen molar-refractivity contribution in [3.63, 3.8) is 0 Å². The molecule has 3 N–H and O–H groups in total. The van der Waals surface area contributed by atoms with Gasteiger partial charge in [-0.05, 0) is 83.5 Å². The van der Waals surface area contributed by atoms with Gasteiger partial charge in [-0.25, -0.2) is 0 Å². The molecule has 0 aliphatic rings. The molecule has 0 aromatic carbocycles. The van der Waals surface area contributed by atoms with Gasteiger partial charge >= 0.3 is 5.97 Å². The molecule has 0 aromatic heterocycles. The van der Waals surface area contributed by atoms with Gasteiger partial charge in [-0.3, -0.25) is 9.59 Å². The highest BCUT2D eigenvalue weighted by Crippen LogP contribution is 2.19. The van der Waals surface area contributed by atoms with E-state index in [4.69, 9.17) is 4.74 Å². The van der Waals surface area contributed by atoms with Gasteiger partial charge in [-0.15, -0.1) is 0 Å². The summed E-state index contributed by atoms with van der Waals surface area (Å²) >= 11 is 0. The number of nitrogens with one attached hydrogen (secondary N) is 1. The number of amides is 1. The van der Waals surface area contributed by atoms with Crippen LogP contribution in [-0.2, 0) is 14.3 Å². The van der Waals surface area contributed by atoms with Gasteiger partial charge in [0.15, 0.2) is 0 Å². The van der Waals surface area contributed by atoms with Crippen molar-refractivity contribution in [2.24, 2.45) is 0 Å². The molecule has 6 heteroatoms. The zero-order valence-corrected chi connectivity index (χ0v) is 56.9. The fourth-order valence-corrected chi connectivity index (χ4v) is 12.1. The molecule has 0 aliphatic carbocycles. The summed E-state index contributed by atoms with van der Waals surface area (Å²) in [6.07, 6.45) is 95.1. The number of ether oxygens (including phenoxy) is 1. The summed E-state index contributed by atoms with van der Waals surface area (Å²) in [5, 5.41) is 23.5. The van der Waals surface area contributed by atoms with E-state index in [0.717, 1.165) is 51.4 Å². The van der Waals surface area contributed by atoms with Crippen LogP contribution >= 0.6 is 0 Å². The Balaban J connectivity index is 3.38. The summed E-state index contributed by atoms with van der Waals surface area (Å²) in [5.41, 5.74) is 0. The lowest BCUT2D eigenvalue weighted by molar-refractivity contribution is -0.143. The number of esters is 1. The minimum absolute atomic E-state index is 0.00457. The Hall–Kier alpha value is -1.92. The first-order chi connectivity index (χ1) is 41.5. The standard InChI is InChI=1S/C78H149NO5/c1-3-5-7-9-11-13-15-17-18-19-20-21-35-38-41-44-47-50-54-58-62-66-70-76(81)75(74-80)79-77(82)71-67-63-59-55-51-48-45-42-39-36-33-31-29-27-25-23-22-24-26-28-30-32-34-37-40-43-46-49-53-57-61-65-69-73-84-78(83)72-68-64-60-56-52-16-14-12-10-8-6-4-2/h12,14,26,28,32,34,75-76,80-81H,3-11,13,15-25,27,29-31,33,35-74H2,1-2H3,(H,79,82)/b14-12-,28-26-,34-32-. The van der Waals surface area contributed by atoms with Crippen molar-refractivity contribution < 1.29 is 24.5 Å². The van der Waals surface area contributed by atoms with Crippen molar-refractivity contribution in [3.05, 3.63) is 36.5 Å². The number of rotatable bonds is 72. The smallest absolute Gasteiger partial charge is 0.305 e. The Morgan fingerprint density at radius 1 is 0.333 bits per heavy atom. The van der Waals surface area contributed by atoms with E-state index >= 15 is 0 Å². The average molecular weight is 1180 g/mol. The van der Waals surface area contributed by atoms with Crippen LogP contribution < -0.4 is 5.32 Å². The molecule has 0 aromatic rings. The molecule has 0 aliphatic heterocycles. The molecule has 0 bridgehead atoms. The Morgan fingerprint density at radius 3 is 0.940 bits per heavy atom. The van der Waals surface area contributed by atoms with Crippen LogP contribution in [0.5, 0.6) is 0 Å². The Bertz CT molecular complexity index is 1360. The third-order valence-corrected chi connectivity index (χ3v) is 17.9. The van der Waals surface area contributed by atoms with E-state index in [1.54, 1.807) is 0 Å². The Labute approximate surface area is 525 Å². The molecule has 0 radical (unpaired) electrons. The molecule has 0 saturated carbocycles. The summed E-state index contributed by atoms with van der Waals surface area (Å²) in [5.74, 6) is -0.0237. The van der Waals surface area contributed by atoms with Gasteiger partial charge in [-0.2, -0.15) is 0 Å². The molecule has 2 atom stereocenters. The summed E-state index contributed by atoms with van der Waals surface area (Å²) < 4.78 is 5.47. The number of unbranched alkanes of at least 4 members (excludes halogenated alkanes) is 55. The van der Waals surface area contributed by atoms with Gasteiger partial charge in [0.05, 0.1) is 25.4 Å². The molecule has 0 spiro atoms. The van der Waals surface area contributed by atoms with E-state index < -0.39 is 12.1 Å². The number of hydrogen-bond acceptors (Lipinski definition) is 5. The predicted molar refractivity (Wildman–Crippen MR) is 370 cm³/mol. The van der Waals surface area contributed by atoms with Crippen LogP contribution in [0.3, 0.4) is 0 Å². The second-order valence-electron chi connectivity index (χ2n) is 26.3. The van der Waals surface area contributed by atoms with E-state index in [9.17, 15) is 19.8 Å². The van der Waals surface area contributed by atoms with E-state index in [-0.39, 0.29) is 18.5 Å². The lowest BCUT2D eigenvalue weighted by Crippen LogP contribution is -2.45. The topological polar surface area (TPSA) is 95.9 Å². The number of allylic oxidation sites excluding steroid dienone is 6. The first-order valence-corrected chi connectivity index (χ1v) is 38.2. The molecule has 84 heavy (non-hydrogen) atoms. The number of aliphatic hydroxyl groups excluding tert-OH is 2. The third kappa shape index (κ3) is 69.2. The monoisotopic (exact) mass is 1180 g/mol. The maximum absolute atomic E-state index is 12.6. The number of carbonyl (C=O) groups is 2. The first-order valence-electron chi connectivity index (χ1n) is 38.2. The number of aliphatic hydroxyl groups is 2. The number of carbonyl (C=O) groups excluding carboxylic acids is 2. The predicted octanol–water partition coefficient (Wildman–Crippen LogP) is 25.0. The Kier molecular flexibility index (Phi) is 71.9. The molecular weight excluding hydrogens is 1030 g/mol. The van der Waals surface area contributed by atoms with Crippen molar-refractivity contribution >= 4 is 11.9 Å². The van der Waals surface area contributed by atoms with Gasteiger partial charge in [0, 0.05) is 12.8 Å². The average Bonchev–Trinajstić information content (AvgIpc) is 3.51. The highest BCUT2D eigenvalue weighted by Gasteiger charge is 2.20. The van der Waals surface area contributed by atoms with Gasteiger partial charge in [0.1, 0.15) is 0 Å². The van der Waals surface area contributed by atoms with Gasteiger partial charge in [-0.1, -0.05) is 365 Å². The maximum Gasteiger partial charge on any atom is 0.305 e. The number of hydrogen-bond donors (Lipinski definition) is 3. The largest absolute Gasteiger partial charge is 0.466 e. The SMILES string of the molecule is CCCCC/C=C\CCCCCCCC(=O)OCCCCCCCCCCC/C=C\C/C=C\CCCCCCCCCCCCCCCCCCCC(=O)NC(CO)C(O)CCCCCCCCCCCCCCCCCCCCCCCC. The molecule has 0 saturated heterocycles. The molecule has 496 valence electrons. The molecule has 0 rings (SSSR count). The van der Waals surface area contributed by atoms with Gasteiger partial charge < -0.3 is 20.3 Å². The molecule has 1 amide bonds. The van der Waals surface area contributed by atoms with Crippen molar-refractivity contribution in [3.8, 4) is 0 Å². The molecule has 2 unspecified atom stereocenters. The van der Waals surface area contributed by atoms with Gasteiger partial charge in [0.25, 0.3) is 0 Å². The maximum atomic E-state index is 12.6. The van der Waals surface area contributed by atoms with Crippen LogP contribution in [0, 0.1) is 0 Å². The van der Waals surface area contributed by atoms with Crippen LogP contribution in [0.1, 0.15) is 425 Å². The van der Waals surface area contributed by atoms with Crippen molar-refractivity contribution in [1.82, 2.24) is 5.32 Å². The van der Waals surface area contributed by atoms with Crippen molar-refractivity contribution in [1.29, 1.82) is 0 Å². The minimum Gasteiger partial charge on any atom is -0.466 e. The Morgan fingerprint density at radius 2 is 0.595 bits per heavy atom. The lowest BCUT2D eigenvalue weighted by atomic mass is 10.0. The summed E-state index contributed by atoms with van der Waals surface area (Å²) in [7, 11) is 0. The van der Waals surface area contributed by atoms with Crippen molar-refractivity contribution in [2.75, 3.05) is 13.2 Å². The first kappa shape index (κ1) is 82.1. The van der Waals surface area contributed by atoms with Crippen LogP contribution in [0.15, 0.2) is 36.5 Å². The lowest BCUT2D eigenvalue weighted by Gasteiger charge is -2.22. The second-order valence-corrected chi connectivity index (χ2v) is 26.3. The highest BCUT2D eigenvalue weighted by molar-refractivity contribution is 5.76. The van der Waals surface area contributed by atoms with E-state index in [1.165, 1.54) is 340 Å². The third-order valence-electron chi connectivity index (χ3n) is 17.9. The fourth-order valence-electron chi connectivity index (χ4n) is 12.1. The fraction of sp³-hybridized carbons (Fsp3) is 0.897.